The lowest BCUT2D eigenvalue weighted by atomic mass is 9.98. The lowest BCUT2D eigenvalue weighted by Crippen LogP contribution is -2.39. The first kappa shape index (κ1) is 24.7. The quantitative estimate of drug-likeness (QED) is 0.476. The second-order valence-electron chi connectivity index (χ2n) is 8.80. The molecule has 1 saturated heterocycles. The van der Waals surface area contributed by atoms with Crippen LogP contribution in [-0.4, -0.2) is 68.7 Å². The second kappa shape index (κ2) is 11.3. The molecule has 9 heteroatoms. The van der Waals surface area contributed by atoms with Crippen LogP contribution in [0.5, 0.6) is 0 Å². The maximum atomic E-state index is 12.4. The number of carbonyl (C=O) groups is 3. The summed E-state index contributed by atoms with van der Waals surface area (Å²) >= 11 is 0. The highest BCUT2D eigenvalue weighted by Crippen LogP contribution is 2.44. The molecule has 4 rings (SSSR count). The van der Waals surface area contributed by atoms with Gasteiger partial charge < -0.3 is 30.0 Å². The first-order chi connectivity index (χ1) is 17.0. The van der Waals surface area contributed by atoms with Crippen LogP contribution >= 0.6 is 0 Å². The molecule has 1 unspecified atom stereocenters. The van der Waals surface area contributed by atoms with Gasteiger partial charge in [0.2, 0.25) is 5.91 Å². The molecule has 0 spiro atoms. The Balaban J connectivity index is 1.20. The highest BCUT2D eigenvalue weighted by molar-refractivity contribution is 5.79. The van der Waals surface area contributed by atoms with Crippen molar-refractivity contribution in [2.75, 3.05) is 33.4 Å². The molecular weight excluding hydrogens is 452 g/mol. The van der Waals surface area contributed by atoms with E-state index in [0.29, 0.717) is 6.42 Å². The topological polar surface area (TPSA) is 123 Å². The molecule has 0 bridgehead atoms. The number of amides is 2. The van der Waals surface area contributed by atoms with Crippen molar-refractivity contribution >= 4 is 18.0 Å². The third kappa shape index (κ3) is 5.98. The number of carboxylic acids is 1. The monoisotopic (exact) mass is 482 g/mol. The van der Waals surface area contributed by atoms with E-state index in [4.69, 9.17) is 19.3 Å². The Morgan fingerprint density at radius 1 is 1.06 bits per heavy atom. The number of ether oxygens (including phenoxy) is 3. The zero-order valence-corrected chi connectivity index (χ0v) is 19.6. The third-order valence-electron chi connectivity index (χ3n) is 6.52. The summed E-state index contributed by atoms with van der Waals surface area (Å²) in [7, 11) is 1.47. The number of methoxy groups -OCH3 is 1. The van der Waals surface area contributed by atoms with Crippen molar-refractivity contribution < 1.29 is 33.7 Å². The van der Waals surface area contributed by atoms with Gasteiger partial charge in [-0.1, -0.05) is 48.5 Å². The first-order valence-electron chi connectivity index (χ1n) is 11.7. The van der Waals surface area contributed by atoms with E-state index >= 15 is 0 Å². The Bertz CT molecular complexity index is 1030. The van der Waals surface area contributed by atoms with Crippen molar-refractivity contribution in [2.45, 2.75) is 31.0 Å². The highest BCUT2D eigenvalue weighted by Gasteiger charge is 2.31. The summed E-state index contributed by atoms with van der Waals surface area (Å²) in [5.74, 6) is -1.73. The van der Waals surface area contributed by atoms with E-state index in [1.807, 2.05) is 24.3 Å². The van der Waals surface area contributed by atoms with E-state index in [2.05, 4.69) is 34.9 Å². The number of nitrogens with one attached hydrogen (secondary N) is 2. The molecule has 2 aromatic carbocycles. The number of fused-ring (bicyclic) bond motifs is 3. The molecule has 1 fully saturated rings. The fraction of sp³-hybridized carbons (Fsp3) is 0.423. The number of carbonyl (C=O) groups excluding carboxylic acids is 2. The molecule has 1 aliphatic heterocycles. The molecule has 1 heterocycles. The molecule has 0 aromatic heterocycles. The largest absolute Gasteiger partial charge is 0.481 e. The average Bonchev–Trinajstić information content (AvgIpc) is 3.47. The van der Waals surface area contributed by atoms with Crippen molar-refractivity contribution in [3.63, 3.8) is 0 Å². The lowest BCUT2D eigenvalue weighted by Gasteiger charge is -2.18. The number of aliphatic carboxylic acids is 1. The number of hydrogen-bond donors (Lipinski definition) is 3. The van der Waals surface area contributed by atoms with Crippen LogP contribution in [0.2, 0.25) is 0 Å². The smallest absolute Gasteiger partial charge is 0.407 e. The maximum Gasteiger partial charge on any atom is 0.407 e. The minimum absolute atomic E-state index is 0.0318. The molecule has 9 nitrogen and oxygen atoms in total. The van der Waals surface area contributed by atoms with Gasteiger partial charge in [-0.25, -0.2) is 4.79 Å². The van der Waals surface area contributed by atoms with Crippen molar-refractivity contribution in [2.24, 2.45) is 5.92 Å². The molecule has 2 aromatic rings. The average molecular weight is 483 g/mol. The van der Waals surface area contributed by atoms with Gasteiger partial charge in [0.25, 0.3) is 0 Å². The summed E-state index contributed by atoms with van der Waals surface area (Å²) in [4.78, 5) is 35.6. The van der Waals surface area contributed by atoms with Crippen molar-refractivity contribution in [1.29, 1.82) is 0 Å². The Labute approximate surface area is 203 Å². The fourth-order valence-electron chi connectivity index (χ4n) is 4.61. The Hall–Kier alpha value is -3.43. The number of carboxylic acid groups (broad SMARTS) is 1. The van der Waals surface area contributed by atoms with Crippen LogP contribution < -0.4 is 10.6 Å². The minimum Gasteiger partial charge on any atom is -0.481 e. The predicted molar refractivity (Wildman–Crippen MR) is 127 cm³/mol. The number of alkyl carbamates (subject to hydrolysis) is 1. The van der Waals surface area contributed by atoms with Crippen molar-refractivity contribution in [3.05, 3.63) is 59.7 Å². The predicted octanol–water partition coefficient (Wildman–Crippen LogP) is 2.54. The summed E-state index contributed by atoms with van der Waals surface area (Å²) in [5.41, 5.74) is 4.58. The molecule has 0 saturated carbocycles. The van der Waals surface area contributed by atoms with Crippen LogP contribution in [0.1, 0.15) is 29.9 Å². The van der Waals surface area contributed by atoms with E-state index in [0.717, 1.165) is 22.3 Å². The van der Waals surface area contributed by atoms with Gasteiger partial charge in [0, 0.05) is 26.1 Å². The number of hydrogen-bond acceptors (Lipinski definition) is 6. The van der Waals surface area contributed by atoms with Gasteiger partial charge in [-0.15, -0.1) is 0 Å². The molecule has 2 aliphatic rings. The molecule has 3 atom stereocenters. The van der Waals surface area contributed by atoms with Gasteiger partial charge in [-0.05, 0) is 28.7 Å². The maximum absolute atomic E-state index is 12.4. The van der Waals surface area contributed by atoms with Crippen LogP contribution in [0.15, 0.2) is 48.5 Å². The van der Waals surface area contributed by atoms with Crippen LogP contribution in [0.3, 0.4) is 0 Å². The first-order valence-corrected chi connectivity index (χ1v) is 11.7. The molecular formula is C26H30N2O7. The number of benzene rings is 2. The Morgan fingerprint density at radius 2 is 1.71 bits per heavy atom. The lowest BCUT2D eigenvalue weighted by molar-refractivity contribution is -0.141. The molecule has 2 amide bonds. The van der Waals surface area contributed by atoms with Crippen LogP contribution in [0, 0.1) is 5.92 Å². The molecule has 0 radical (unpaired) electrons. The fourth-order valence-corrected chi connectivity index (χ4v) is 4.61. The van der Waals surface area contributed by atoms with E-state index < -0.39 is 24.1 Å². The number of rotatable bonds is 10. The zero-order valence-electron chi connectivity index (χ0n) is 19.6. The molecule has 35 heavy (non-hydrogen) atoms. The van der Waals surface area contributed by atoms with Gasteiger partial charge in [0.15, 0.2) is 0 Å². The summed E-state index contributed by atoms with van der Waals surface area (Å²) < 4.78 is 16.2. The van der Waals surface area contributed by atoms with Gasteiger partial charge in [0.05, 0.1) is 31.2 Å². The summed E-state index contributed by atoms with van der Waals surface area (Å²) in [6.45, 7) is 0.706. The zero-order chi connectivity index (χ0) is 24.8. The minimum atomic E-state index is -0.891. The van der Waals surface area contributed by atoms with Gasteiger partial charge >= 0.3 is 12.1 Å². The molecule has 1 aliphatic carbocycles. The van der Waals surface area contributed by atoms with Gasteiger partial charge in [0.1, 0.15) is 6.61 Å². The van der Waals surface area contributed by atoms with Crippen LogP contribution in [0.4, 0.5) is 4.79 Å². The Kier molecular flexibility index (Phi) is 7.99. The molecule has 186 valence electrons. The van der Waals surface area contributed by atoms with Gasteiger partial charge in [-0.3, -0.25) is 9.59 Å². The van der Waals surface area contributed by atoms with Crippen molar-refractivity contribution in [3.8, 4) is 11.1 Å². The third-order valence-corrected chi connectivity index (χ3v) is 6.52. The Morgan fingerprint density at radius 3 is 2.31 bits per heavy atom. The van der Waals surface area contributed by atoms with E-state index in [1.165, 1.54) is 7.11 Å². The van der Waals surface area contributed by atoms with E-state index in [-0.39, 0.29) is 50.7 Å². The summed E-state index contributed by atoms with van der Waals surface area (Å²) in [6, 6.07) is 16.2. The van der Waals surface area contributed by atoms with Crippen molar-refractivity contribution in [1.82, 2.24) is 10.6 Å². The normalized spacial score (nSPS) is 19.5. The van der Waals surface area contributed by atoms with E-state index in [1.54, 1.807) is 0 Å². The standard InChI is InChI=1S/C26H30N2O7/c1-33-17(11-24(29)27-13-18-10-16(14-34-18)25(30)31)12-28-26(32)35-15-23-21-8-4-2-6-19(21)20-7-3-5-9-22(20)23/h2-9,16-18,23H,10-15H2,1H3,(H,27,29)(H,28,32)(H,30,31)/t16-,17?,18-/m1/s1. The molecule has 3 N–H and O–H groups in total. The van der Waals surface area contributed by atoms with E-state index in [9.17, 15) is 14.4 Å². The van der Waals surface area contributed by atoms with Gasteiger partial charge in [-0.2, -0.15) is 0 Å². The summed E-state index contributed by atoms with van der Waals surface area (Å²) in [5, 5.41) is 14.4. The van der Waals surface area contributed by atoms with Crippen LogP contribution in [0.25, 0.3) is 11.1 Å². The summed E-state index contributed by atoms with van der Waals surface area (Å²) in [6.07, 6.45) is -1.03. The SMILES string of the molecule is COC(CNC(=O)OCC1c2ccccc2-c2ccccc21)CC(=O)NC[C@H]1C[C@@H](C(=O)O)CO1. The second-order valence-corrected chi connectivity index (χ2v) is 8.80. The highest BCUT2D eigenvalue weighted by atomic mass is 16.5. The van der Waals surface area contributed by atoms with Crippen LogP contribution in [-0.2, 0) is 23.8 Å².